The Kier molecular flexibility index (Phi) is 4.11. The van der Waals surface area contributed by atoms with Crippen LogP contribution in [0, 0.1) is 0 Å². The van der Waals surface area contributed by atoms with Gasteiger partial charge in [0.1, 0.15) is 0 Å². The number of anilines is 1. The van der Waals surface area contributed by atoms with E-state index in [1.165, 1.54) is 0 Å². The first kappa shape index (κ1) is 12.8. The maximum absolute atomic E-state index is 12.3. The van der Waals surface area contributed by atoms with Crippen molar-refractivity contribution in [2.24, 2.45) is 5.84 Å². The summed E-state index contributed by atoms with van der Waals surface area (Å²) < 4.78 is 5.29. The maximum atomic E-state index is 12.3. The summed E-state index contributed by atoms with van der Waals surface area (Å²) in [6, 6.07) is 1.68. The third-order valence-corrected chi connectivity index (χ3v) is 3.27. The molecule has 6 heteroatoms. The summed E-state index contributed by atoms with van der Waals surface area (Å²) in [6.45, 7) is 1.42. The lowest BCUT2D eigenvalue weighted by Gasteiger charge is -2.31. The van der Waals surface area contributed by atoms with Crippen LogP contribution in [0.25, 0.3) is 0 Å². The van der Waals surface area contributed by atoms with Gasteiger partial charge in [-0.15, -0.1) is 0 Å². The van der Waals surface area contributed by atoms with Gasteiger partial charge >= 0.3 is 0 Å². The molecule has 0 radical (unpaired) electrons. The summed E-state index contributed by atoms with van der Waals surface area (Å²) in [5.41, 5.74) is 3.61. The van der Waals surface area contributed by atoms with Crippen molar-refractivity contribution < 1.29 is 9.53 Å². The number of aromatic nitrogens is 1. The van der Waals surface area contributed by atoms with Crippen LogP contribution in [-0.4, -0.2) is 42.1 Å². The summed E-state index contributed by atoms with van der Waals surface area (Å²) in [7, 11) is 1.71. The predicted octanol–water partition coefficient (Wildman–Crippen LogP) is 0.618. The second-order valence-electron chi connectivity index (χ2n) is 4.29. The number of likely N-dealkylation sites (tertiary alicyclic amines) is 1. The van der Waals surface area contributed by atoms with E-state index in [9.17, 15) is 4.79 Å². The zero-order valence-corrected chi connectivity index (χ0v) is 10.4. The van der Waals surface area contributed by atoms with Crippen LogP contribution >= 0.6 is 0 Å². The van der Waals surface area contributed by atoms with E-state index in [1.54, 1.807) is 25.6 Å². The van der Waals surface area contributed by atoms with Gasteiger partial charge in [-0.2, -0.15) is 0 Å². The van der Waals surface area contributed by atoms with E-state index >= 15 is 0 Å². The van der Waals surface area contributed by atoms with Crippen LogP contribution in [0.2, 0.25) is 0 Å². The Morgan fingerprint density at radius 3 is 2.89 bits per heavy atom. The Balaban J connectivity index is 2.08. The van der Waals surface area contributed by atoms with Gasteiger partial charge in [0.25, 0.3) is 5.91 Å². The summed E-state index contributed by atoms with van der Waals surface area (Å²) in [5.74, 6) is 5.37. The van der Waals surface area contributed by atoms with Crippen molar-refractivity contribution in [3.63, 3.8) is 0 Å². The minimum Gasteiger partial charge on any atom is -0.381 e. The first-order valence-corrected chi connectivity index (χ1v) is 5.99. The van der Waals surface area contributed by atoms with Gasteiger partial charge in [-0.25, -0.2) is 0 Å². The summed E-state index contributed by atoms with van der Waals surface area (Å²) in [5, 5.41) is 0. The first-order chi connectivity index (χ1) is 8.76. The number of methoxy groups -OCH3 is 1. The molecular weight excluding hydrogens is 232 g/mol. The maximum Gasteiger partial charge on any atom is 0.256 e. The van der Waals surface area contributed by atoms with E-state index in [-0.39, 0.29) is 12.0 Å². The number of hydrogen-bond donors (Lipinski definition) is 2. The Morgan fingerprint density at radius 2 is 2.28 bits per heavy atom. The molecule has 1 saturated heterocycles. The Bertz CT molecular complexity index is 416. The number of nitrogens with one attached hydrogen (secondary N) is 1. The van der Waals surface area contributed by atoms with Gasteiger partial charge in [0.15, 0.2) is 0 Å². The van der Waals surface area contributed by atoms with Gasteiger partial charge in [0.2, 0.25) is 0 Å². The third kappa shape index (κ3) is 2.60. The van der Waals surface area contributed by atoms with Crippen molar-refractivity contribution in [1.29, 1.82) is 0 Å². The van der Waals surface area contributed by atoms with E-state index < -0.39 is 0 Å². The third-order valence-electron chi connectivity index (χ3n) is 3.27. The summed E-state index contributed by atoms with van der Waals surface area (Å²) in [4.78, 5) is 18.1. The molecule has 2 heterocycles. The van der Waals surface area contributed by atoms with Crippen LogP contribution in [-0.2, 0) is 4.74 Å². The number of nitrogens with zero attached hydrogens (tertiary/aromatic N) is 2. The molecule has 1 amide bonds. The second-order valence-corrected chi connectivity index (χ2v) is 4.29. The average molecular weight is 250 g/mol. The molecule has 0 saturated carbocycles. The standard InChI is InChI=1S/C12H18N4O2/c1-18-9-3-6-16(7-4-9)12(17)10-2-5-14-8-11(10)15-13/h2,5,8-9,15H,3-4,6-7,13H2,1H3. The normalized spacial score (nSPS) is 16.7. The zero-order valence-electron chi connectivity index (χ0n) is 10.4. The number of pyridine rings is 1. The van der Waals surface area contributed by atoms with E-state index in [2.05, 4.69) is 10.4 Å². The van der Waals surface area contributed by atoms with Gasteiger partial charge in [0.05, 0.1) is 23.6 Å². The molecule has 0 spiro atoms. The molecule has 18 heavy (non-hydrogen) atoms. The van der Waals surface area contributed by atoms with E-state index in [4.69, 9.17) is 10.6 Å². The number of nitrogens with two attached hydrogens (primary N) is 1. The van der Waals surface area contributed by atoms with Crippen LogP contribution in [0.3, 0.4) is 0 Å². The minimum atomic E-state index is -0.0140. The summed E-state index contributed by atoms with van der Waals surface area (Å²) in [6.07, 6.45) is 5.15. The fourth-order valence-electron chi connectivity index (χ4n) is 2.16. The lowest BCUT2D eigenvalue weighted by atomic mass is 10.1. The number of carbonyl (C=O) groups excluding carboxylic acids is 1. The fraction of sp³-hybridized carbons (Fsp3) is 0.500. The lowest BCUT2D eigenvalue weighted by Crippen LogP contribution is -2.41. The number of hydrogen-bond acceptors (Lipinski definition) is 5. The van der Waals surface area contributed by atoms with Crippen LogP contribution < -0.4 is 11.3 Å². The topological polar surface area (TPSA) is 80.5 Å². The van der Waals surface area contributed by atoms with Gasteiger partial charge in [-0.1, -0.05) is 0 Å². The monoisotopic (exact) mass is 250 g/mol. The van der Waals surface area contributed by atoms with Crippen molar-refractivity contribution in [3.8, 4) is 0 Å². The number of nitrogen functional groups attached to an aromatic ring is 1. The van der Waals surface area contributed by atoms with Gasteiger partial charge in [-0.3, -0.25) is 15.6 Å². The van der Waals surface area contributed by atoms with E-state index in [1.807, 2.05) is 4.90 Å². The number of carbonyl (C=O) groups is 1. The van der Waals surface area contributed by atoms with Gasteiger partial charge in [0, 0.05) is 26.4 Å². The molecule has 1 aliphatic heterocycles. The molecule has 1 aromatic heterocycles. The minimum absolute atomic E-state index is 0.0140. The molecule has 0 atom stereocenters. The fourth-order valence-corrected chi connectivity index (χ4v) is 2.16. The highest BCUT2D eigenvalue weighted by atomic mass is 16.5. The molecule has 98 valence electrons. The van der Waals surface area contributed by atoms with Crippen molar-refractivity contribution in [2.45, 2.75) is 18.9 Å². The molecule has 0 aromatic carbocycles. The van der Waals surface area contributed by atoms with E-state index in [0.717, 1.165) is 12.8 Å². The molecule has 1 aliphatic rings. The largest absolute Gasteiger partial charge is 0.381 e. The predicted molar refractivity (Wildman–Crippen MR) is 68.0 cm³/mol. The van der Waals surface area contributed by atoms with Crippen molar-refractivity contribution >= 4 is 11.6 Å². The molecule has 2 rings (SSSR count). The van der Waals surface area contributed by atoms with Crippen LogP contribution in [0.5, 0.6) is 0 Å². The highest BCUT2D eigenvalue weighted by Gasteiger charge is 2.24. The highest BCUT2D eigenvalue weighted by molar-refractivity contribution is 5.99. The average Bonchev–Trinajstić information content (AvgIpc) is 2.46. The Morgan fingerprint density at radius 1 is 1.56 bits per heavy atom. The Hall–Kier alpha value is -1.66. The molecule has 1 fully saturated rings. The molecular formula is C12H18N4O2. The van der Waals surface area contributed by atoms with Crippen molar-refractivity contribution in [1.82, 2.24) is 9.88 Å². The molecule has 3 N–H and O–H groups in total. The molecule has 0 unspecified atom stereocenters. The van der Waals surface area contributed by atoms with Crippen molar-refractivity contribution in [3.05, 3.63) is 24.0 Å². The number of hydrazine groups is 1. The smallest absolute Gasteiger partial charge is 0.256 e. The molecule has 6 nitrogen and oxygen atoms in total. The number of ether oxygens (including phenoxy) is 1. The van der Waals surface area contributed by atoms with Gasteiger partial charge in [-0.05, 0) is 18.9 Å². The lowest BCUT2D eigenvalue weighted by molar-refractivity contribution is 0.0351. The number of amides is 1. The van der Waals surface area contributed by atoms with E-state index in [0.29, 0.717) is 24.3 Å². The van der Waals surface area contributed by atoms with Crippen LogP contribution in [0.15, 0.2) is 18.5 Å². The second kappa shape index (κ2) is 5.79. The van der Waals surface area contributed by atoms with Gasteiger partial charge < -0.3 is 15.1 Å². The summed E-state index contributed by atoms with van der Waals surface area (Å²) >= 11 is 0. The van der Waals surface area contributed by atoms with Crippen LogP contribution in [0.1, 0.15) is 23.2 Å². The van der Waals surface area contributed by atoms with Crippen LogP contribution in [0.4, 0.5) is 5.69 Å². The molecule has 0 aliphatic carbocycles. The quantitative estimate of drug-likeness (QED) is 0.607. The van der Waals surface area contributed by atoms with Crippen molar-refractivity contribution in [2.75, 3.05) is 25.6 Å². The SMILES string of the molecule is COC1CCN(C(=O)c2ccncc2NN)CC1. The highest BCUT2D eigenvalue weighted by Crippen LogP contribution is 2.19. The molecule has 1 aromatic rings. The number of piperidine rings is 1. The Labute approximate surface area is 106 Å². The first-order valence-electron chi connectivity index (χ1n) is 5.99. The zero-order chi connectivity index (χ0) is 13.0. The number of rotatable bonds is 3. The molecule has 0 bridgehead atoms.